The average molecular weight is 718 g/mol. The Balaban J connectivity index is 0.000000403. The summed E-state index contributed by atoms with van der Waals surface area (Å²) in [5.41, 5.74) is 11.0. The maximum atomic E-state index is 13.9. The number of carbonyl (C=O) groups is 2. The first-order valence-electron chi connectivity index (χ1n) is 15.4. The highest BCUT2D eigenvalue weighted by Gasteiger charge is 2.28. The summed E-state index contributed by atoms with van der Waals surface area (Å²) >= 11 is 3.53. The quantitative estimate of drug-likeness (QED) is 0.177. The fourth-order valence-electron chi connectivity index (χ4n) is 5.70. The van der Waals surface area contributed by atoms with Crippen LogP contribution in [0.25, 0.3) is 33.0 Å². The largest absolute Gasteiger partial charge is 0.493 e. The van der Waals surface area contributed by atoms with Gasteiger partial charge in [-0.05, 0) is 86.0 Å². The van der Waals surface area contributed by atoms with Crippen LogP contribution in [0.2, 0.25) is 0 Å². The molecule has 0 saturated heterocycles. The standard InChI is InChI=1S/C33H26BrNO5.C7H7NO/c1-35(33(36)31-26(34)14-16-28-32(31)40-19-39-28)27-15-13-23(24-17-29(37-2)30(38-3)18-25(24)27)22-11-9-21(10-12-22)20-7-5-4-6-8-20;8-7(9)6-4-2-1-3-5-6/h4-18H,19H2,1-3H3;1-5H,(H2,8,9). The van der Waals surface area contributed by atoms with Gasteiger partial charge >= 0.3 is 0 Å². The molecule has 1 heterocycles. The van der Waals surface area contributed by atoms with E-state index in [0.29, 0.717) is 44.3 Å². The maximum absolute atomic E-state index is 13.9. The maximum Gasteiger partial charge on any atom is 0.263 e. The lowest BCUT2D eigenvalue weighted by molar-refractivity contribution is 0.0983. The molecule has 0 unspecified atom stereocenters. The second-order valence-corrected chi connectivity index (χ2v) is 11.9. The summed E-state index contributed by atoms with van der Waals surface area (Å²) in [4.78, 5) is 25.9. The topological polar surface area (TPSA) is 100 Å². The number of amides is 2. The third kappa shape index (κ3) is 6.79. The van der Waals surface area contributed by atoms with E-state index < -0.39 is 0 Å². The molecule has 8 nitrogen and oxygen atoms in total. The SMILES string of the molecule is COc1cc2c(-c3ccc(-c4ccccc4)cc3)ccc(N(C)C(=O)c3c(Br)ccc4c3OCO4)c2cc1OC.NC(=O)c1ccccc1. The van der Waals surface area contributed by atoms with Gasteiger partial charge in [-0.15, -0.1) is 0 Å². The number of benzene rings is 6. The predicted octanol–water partition coefficient (Wildman–Crippen LogP) is 8.74. The summed E-state index contributed by atoms with van der Waals surface area (Å²) < 4.78 is 23.1. The van der Waals surface area contributed by atoms with Crippen LogP contribution in [0.15, 0.2) is 126 Å². The van der Waals surface area contributed by atoms with Crippen LogP contribution in [0.5, 0.6) is 23.0 Å². The molecule has 7 rings (SSSR count). The lowest BCUT2D eigenvalue weighted by Crippen LogP contribution is -2.27. The number of methoxy groups -OCH3 is 2. The number of rotatable bonds is 7. The van der Waals surface area contributed by atoms with Crippen molar-refractivity contribution in [3.63, 3.8) is 0 Å². The highest BCUT2D eigenvalue weighted by molar-refractivity contribution is 9.10. The van der Waals surface area contributed by atoms with Crippen molar-refractivity contribution < 1.29 is 28.5 Å². The van der Waals surface area contributed by atoms with E-state index in [4.69, 9.17) is 24.7 Å². The summed E-state index contributed by atoms with van der Waals surface area (Å²) in [5, 5.41) is 1.78. The molecule has 0 atom stereocenters. The molecule has 0 spiro atoms. The van der Waals surface area contributed by atoms with Gasteiger partial charge in [-0.2, -0.15) is 0 Å². The molecule has 49 heavy (non-hydrogen) atoms. The smallest absolute Gasteiger partial charge is 0.263 e. The number of anilines is 1. The number of fused-ring (bicyclic) bond motifs is 2. The van der Waals surface area contributed by atoms with Crippen LogP contribution in [0.3, 0.4) is 0 Å². The zero-order valence-corrected chi connectivity index (χ0v) is 28.7. The molecule has 2 N–H and O–H groups in total. The summed E-state index contributed by atoms with van der Waals surface area (Å²) in [6, 6.07) is 39.0. The average Bonchev–Trinajstić information content (AvgIpc) is 3.63. The van der Waals surface area contributed by atoms with Gasteiger partial charge in [0.1, 0.15) is 5.56 Å². The molecule has 0 bridgehead atoms. The Kier molecular flexibility index (Phi) is 9.82. The van der Waals surface area contributed by atoms with Gasteiger partial charge in [-0.3, -0.25) is 9.59 Å². The highest BCUT2D eigenvalue weighted by Crippen LogP contribution is 2.44. The lowest BCUT2D eigenvalue weighted by atomic mass is 9.94. The van der Waals surface area contributed by atoms with Crippen molar-refractivity contribution >= 4 is 44.2 Å². The minimum absolute atomic E-state index is 0.0768. The summed E-state index contributed by atoms with van der Waals surface area (Å²) in [6.07, 6.45) is 0. The van der Waals surface area contributed by atoms with E-state index in [2.05, 4.69) is 52.3 Å². The number of ether oxygens (including phenoxy) is 4. The van der Waals surface area contributed by atoms with Crippen LogP contribution in [0.1, 0.15) is 20.7 Å². The van der Waals surface area contributed by atoms with E-state index in [1.165, 1.54) is 0 Å². The molecule has 0 saturated carbocycles. The van der Waals surface area contributed by atoms with E-state index in [1.54, 1.807) is 62.6 Å². The van der Waals surface area contributed by atoms with E-state index in [1.807, 2.05) is 48.5 Å². The molecule has 6 aromatic carbocycles. The molecule has 246 valence electrons. The Morgan fingerprint density at radius 3 is 1.92 bits per heavy atom. The Labute approximate surface area is 292 Å². The fraction of sp³-hybridized carbons (Fsp3) is 0.100. The van der Waals surface area contributed by atoms with E-state index in [9.17, 15) is 9.59 Å². The number of nitrogens with two attached hydrogens (primary N) is 1. The normalized spacial score (nSPS) is 11.3. The van der Waals surface area contributed by atoms with Crippen molar-refractivity contribution in [2.45, 2.75) is 0 Å². The van der Waals surface area contributed by atoms with Gasteiger partial charge in [0.05, 0.1) is 19.9 Å². The first-order chi connectivity index (χ1) is 23.8. The first kappa shape index (κ1) is 33.1. The van der Waals surface area contributed by atoms with Gasteiger partial charge in [0.15, 0.2) is 23.0 Å². The third-order valence-corrected chi connectivity index (χ3v) is 8.89. The molecule has 1 aliphatic heterocycles. The third-order valence-electron chi connectivity index (χ3n) is 8.23. The van der Waals surface area contributed by atoms with Crippen molar-refractivity contribution in [3.05, 3.63) is 137 Å². The number of halogens is 1. The van der Waals surface area contributed by atoms with Crippen molar-refractivity contribution in [1.82, 2.24) is 0 Å². The second kappa shape index (κ2) is 14.5. The molecule has 0 aromatic heterocycles. The van der Waals surface area contributed by atoms with Gasteiger partial charge in [0, 0.05) is 22.5 Å². The Hall–Kier alpha value is -5.80. The van der Waals surface area contributed by atoms with Crippen molar-refractivity contribution in [2.24, 2.45) is 5.73 Å². The van der Waals surface area contributed by atoms with Crippen LogP contribution in [-0.2, 0) is 0 Å². The van der Waals surface area contributed by atoms with E-state index >= 15 is 0 Å². The zero-order valence-electron chi connectivity index (χ0n) is 27.1. The van der Waals surface area contributed by atoms with Gasteiger partial charge < -0.3 is 29.6 Å². The molecular weight excluding hydrogens is 684 g/mol. The lowest BCUT2D eigenvalue weighted by Gasteiger charge is -2.23. The number of hydrogen-bond donors (Lipinski definition) is 1. The van der Waals surface area contributed by atoms with Gasteiger partial charge in [0.2, 0.25) is 12.7 Å². The molecule has 0 radical (unpaired) electrons. The molecule has 2 amide bonds. The number of carbonyl (C=O) groups excluding carboxylic acids is 2. The minimum Gasteiger partial charge on any atom is -0.493 e. The zero-order chi connectivity index (χ0) is 34.5. The predicted molar refractivity (Wildman–Crippen MR) is 196 cm³/mol. The van der Waals surface area contributed by atoms with Crippen molar-refractivity contribution in [3.8, 4) is 45.3 Å². The fourth-order valence-corrected chi connectivity index (χ4v) is 6.18. The van der Waals surface area contributed by atoms with Crippen molar-refractivity contribution in [2.75, 3.05) is 33.0 Å². The van der Waals surface area contributed by atoms with E-state index in [0.717, 1.165) is 33.0 Å². The minimum atomic E-state index is -0.379. The molecule has 1 aliphatic rings. The summed E-state index contributed by atoms with van der Waals surface area (Å²) in [6.45, 7) is 0.0768. The van der Waals surface area contributed by atoms with Crippen LogP contribution < -0.4 is 29.6 Å². The molecule has 9 heteroatoms. The van der Waals surface area contributed by atoms with Crippen LogP contribution >= 0.6 is 15.9 Å². The second-order valence-electron chi connectivity index (χ2n) is 11.1. The Morgan fingerprint density at radius 2 is 1.31 bits per heavy atom. The van der Waals surface area contributed by atoms with Gasteiger partial charge in [-0.1, -0.05) is 78.9 Å². The molecular formula is C40H33BrN2O6. The van der Waals surface area contributed by atoms with Gasteiger partial charge in [-0.25, -0.2) is 0 Å². The first-order valence-corrected chi connectivity index (χ1v) is 16.2. The van der Waals surface area contributed by atoms with Crippen LogP contribution in [0, 0.1) is 0 Å². The number of hydrogen-bond acceptors (Lipinski definition) is 6. The molecule has 6 aromatic rings. The summed E-state index contributed by atoms with van der Waals surface area (Å²) in [5.74, 6) is 1.56. The number of nitrogens with zero attached hydrogens (tertiary/aromatic N) is 1. The highest BCUT2D eigenvalue weighted by atomic mass is 79.9. The Bertz CT molecular complexity index is 2140. The number of primary amides is 1. The monoisotopic (exact) mass is 716 g/mol. The van der Waals surface area contributed by atoms with Gasteiger partial charge in [0.25, 0.3) is 5.91 Å². The Morgan fingerprint density at radius 1 is 0.714 bits per heavy atom. The summed E-state index contributed by atoms with van der Waals surface area (Å²) in [7, 11) is 4.98. The molecule has 0 aliphatic carbocycles. The van der Waals surface area contributed by atoms with Crippen molar-refractivity contribution in [1.29, 1.82) is 0 Å². The van der Waals surface area contributed by atoms with Crippen LogP contribution in [-0.4, -0.2) is 39.9 Å². The van der Waals surface area contributed by atoms with E-state index in [-0.39, 0.29) is 18.6 Å². The molecule has 0 fully saturated rings. The van der Waals surface area contributed by atoms with Crippen LogP contribution in [0.4, 0.5) is 5.69 Å².